The molecule has 2 aliphatic heterocycles. The lowest BCUT2D eigenvalue weighted by Gasteiger charge is -2.34. The largest absolute Gasteiger partial charge is 0.337 e. The van der Waals surface area contributed by atoms with Crippen LogP contribution >= 0.6 is 0 Å². The van der Waals surface area contributed by atoms with Crippen LogP contribution in [0.3, 0.4) is 0 Å². The number of aromatic nitrogens is 1. The average molecular weight is 511 g/mol. The van der Waals surface area contributed by atoms with Gasteiger partial charge in [0.05, 0.1) is 0 Å². The fraction of sp³-hybridized carbons (Fsp3) is 0.406. The van der Waals surface area contributed by atoms with E-state index in [4.69, 9.17) is 0 Å². The number of carbonyl (C=O) groups is 2. The van der Waals surface area contributed by atoms with E-state index in [2.05, 4.69) is 51.2 Å². The van der Waals surface area contributed by atoms with Crippen LogP contribution in [0.15, 0.2) is 79.1 Å². The van der Waals surface area contributed by atoms with Gasteiger partial charge in [-0.15, -0.1) is 0 Å². The van der Waals surface area contributed by atoms with E-state index in [1.807, 2.05) is 35.2 Å². The predicted octanol–water partition coefficient (Wildman–Crippen LogP) is 5.22. The van der Waals surface area contributed by atoms with E-state index in [9.17, 15) is 9.59 Å². The molecule has 6 nitrogen and oxygen atoms in total. The van der Waals surface area contributed by atoms with Gasteiger partial charge in [0.15, 0.2) is 0 Å². The zero-order valence-electron chi connectivity index (χ0n) is 22.3. The fourth-order valence-electron chi connectivity index (χ4n) is 6.07. The molecule has 198 valence electrons. The number of hydrogen-bond donors (Lipinski definition) is 0. The maximum Gasteiger partial charge on any atom is 0.223 e. The first-order chi connectivity index (χ1) is 18.6. The quantitative estimate of drug-likeness (QED) is 0.456. The molecule has 3 heterocycles. The smallest absolute Gasteiger partial charge is 0.223 e. The minimum Gasteiger partial charge on any atom is -0.337 e. The Labute approximate surface area is 226 Å². The van der Waals surface area contributed by atoms with Crippen LogP contribution in [0.1, 0.15) is 55.7 Å². The summed E-state index contributed by atoms with van der Waals surface area (Å²) in [7, 11) is 0. The van der Waals surface area contributed by atoms with Crippen LogP contribution in [0, 0.1) is 0 Å². The Morgan fingerprint density at radius 1 is 0.868 bits per heavy atom. The molecule has 2 aromatic carbocycles. The highest BCUT2D eigenvalue weighted by atomic mass is 16.2. The highest BCUT2D eigenvalue weighted by Gasteiger charge is 2.36. The van der Waals surface area contributed by atoms with Crippen LogP contribution in [0.5, 0.6) is 0 Å². The third-order valence-corrected chi connectivity index (χ3v) is 8.08. The minimum atomic E-state index is 0.0519. The van der Waals surface area contributed by atoms with E-state index in [1.165, 1.54) is 11.1 Å². The van der Waals surface area contributed by atoms with Crippen molar-refractivity contribution in [2.75, 3.05) is 18.0 Å². The summed E-state index contributed by atoms with van der Waals surface area (Å²) in [5.74, 6) is 0.238. The van der Waals surface area contributed by atoms with Gasteiger partial charge in [-0.25, -0.2) is 0 Å². The molecule has 5 rings (SSSR count). The summed E-state index contributed by atoms with van der Waals surface area (Å²) in [6.07, 6.45) is 8.88. The Bertz CT molecular complexity index is 1220. The summed E-state index contributed by atoms with van der Waals surface area (Å²) in [5, 5.41) is 0. The Kier molecular flexibility index (Phi) is 8.49. The molecule has 3 aromatic rings. The van der Waals surface area contributed by atoms with Gasteiger partial charge in [-0.3, -0.25) is 19.5 Å². The molecule has 38 heavy (non-hydrogen) atoms. The maximum atomic E-state index is 13.7. The molecule has 0 unspecified atom stereocenters. The van der Waals surface area contributed by atoms with Crippen molar-refractivity contribution in [3.8, 4) is 0 Å². The number of amides is 2. The molecule has 0 radical (unpaired) electrons. The van der Waals surface area contributed by atoms with E-state index >= 15 is 0 Å². The van der Waals surface area contributed by atoms with E-state index in [1.54, 1.807) is 19.3 Å². The molecular formula is C32H38N4O2. The van der Waals surface area contributed by atoms with Gasteiger partial charge in [-0.1, -0.05) is 48.5 Å². The molecule has 0 saturated carbocycles. The topological polar surface area (TPSA) is 56.8 Å². The Morgan fingerprint density at radius 3 is 2.39 bits per heavy atom. The standard InChI is InChI=1S/C32H38N4O2/c1-25(37)35-21-18-29-14-15-30(36(29)22-27-8-3-2-4-9-27)24-34(23-28-11-5-6-12-31(28)35)32(38)13-7-10-26-16-19-33-20-17-26/h2-6,8-9,11-12,16-17,19-20,29-30H,7,10,13-15,18,21-24H2,1H3/t29-,30+/m0/s1. The number of carbonyl (C=O) groups excluding carboxylic acids is 2. The van der Waals surface area contributed by atoms with Gasteiger partial charge in [0, 0.05) is 69.7 Å². The zero-order chi connectivity index (χ0) is 26.3. The maximum absolute atomic E-state index is 13.7. The number of rotatable bonds is 6. The fourth-order valence-corrected chi connectivity index (χ4v) is 6.07. The Balaban J connectivity index is 1.41. The molecule has 1 fully saturated rings. The van der Waals surface area contributed by atoms with Crippen LogP contribution in [0.25, 0.3) is 0 Å². The van der Waals surface area contributed by atoms with Crippen LogP contribution in [-0.4, -0.2) is 51.8 Å². The van der Waals surface area contributed by atoms with Gasteiger partial charge in [-0.05, 0) is 67.0 Å². The van der Waals surface area contributed by atoms with Gasteiger partial charge in [-0.2, -0.15) is 0 Å². The van der Waals surface area contributed by atoms with E-state index in [-0.39, 0.29) is 11.8 Å². The second-order valence-corrected chi connectivity index (χ2v) is 10.6. The summed E-state index contributed by atoms with van der Waals surface area (Å²) in [6, 6.07) is 23.4. The van der Waals surface area contributed by atoms with E-state index in [0.717, 1.165) is 49.9 Å². The van der Waals surface area contributed by atoms with Crippen molar-refractivity contribution in [3.05, 3.63) is 95.8 Å². The van der Waals surface area contributed by atoms with Crippen molar-refractivity contribution in [2.24, 2.45) is 0 Å². The SMILES string of the molecule is CC(=O)N1CC[C@@H]2CC[C@H](CN(C(=O)CCCc3ccncc3)Cc3ccccc31)N2Cc1ccccc1. The zero-order valence-corrected chi connectivity index (χ0v) is 22.3. The highest BCUT2D eigenvalue weighted by Crippen LogP contribution is 2.32. The second kappa shape index (κ2) is 12.4. The van der Waals surface area contributed by atoms with Crippen molar-refractivity contribution in [2.45, 2.75) is 70.6 Å². The van der Waals surface area contributed by atoms with Crippen molar-refractivity contribution in [1.82, 2.24) is 14.8 Å². The molecule has 0 N–H and O–H groups in total. The third kappa shape index (κ3) is 6.30. The number of aryl methyl sites for hydroxylation is 1. The first-order valence-corrected chi connectivity index (χ1v) is 13.9. The lowest BCUT2D eigenvalue weighted by molar-refractivity contribution is -0.132. The average Bonchev–Trinajstić information content (AvgIpc) is 3.29. The van der Waals surface area contributed by atoms with Gasteiger partial charge >= 0.3 is 0 Å². The number of fused-ring (bicyclic) bond motifs is 3. The summed E-state index contributed by atoms with van der Waals surface area (Å²) in [6.45, 7) is 4.44. The second-order valence-electron chi connectivity index (χ2n) is 10.6. The van der Waals surface area contributed by atoms with Crippen LogP contribution < -0.4 is 4.90 Å². The molecule has 1 aromatic heterocycles. The summed E-state index contributed by atoms with van der Waals surface area (Å²) in [5.41, 5.74) is 4.47. The van der Waals surface area contributed by atoms with Crippen molar-refractivity contribution in [1.29, 1.82) is 0 Å². The summed E-state index contributed by atoms with van der Waals surface area (Å²) in [4.78, 5) is 37.2. The number of anilines is 1. The molecule has 0 aliphatic carbocycles. The lowest BCUT2D eigenvalue weighted by Crippen LogP contribution is -2.45. The number of benzene rings is 2. The normalized spacial score (nSPS) is 20.0. The van der Waals surface area contributed by atoms with Crippen molar-refractivity contribution >= 4 is 17.5 Å². The molecule has 2 aliphatic rings. The minimum absolute atomic E-state index is 0.0519. The highest BCUT2D eigenvalue weighted by molar-refractivity contribution is 5.92. The molecule has 2 amide bonds. The Hall–Kier alpha value is -3.51. The van der Waals surface area contributed by atoms with Crippen molar-refractivity contribution in [3.63, 3.8) is 0 Å². The molecule has 6 heteroatoms. The molecule has 2 bridgehead atoms. The van der Waals surface area contributed by atoms with Gasteiger partial charge in [0.2, 0.25) is 11.8 Å². The van der Waals surface area contributed by atoms with Gasteiger partial charge < -0.3 is 9.80 Å². The molecular weight excluding hydrogens is 472 g/mol. The van der Waals surface area contributed by atoms with Crippen molar-refractivity contribution < 1.29 is 9.59 Å². The third-order valence-electron chi connectivity index (χ3n) is 8.08. The number of para-hydroxylation sites is 1. The van der Waals surface area contributed by atoms with E-state index < -0.39 is 0 Å². The summed E-state index contributed by atoms with van der Waals surface area (Å²) < 4.78 is 0. The number of hydrogen-bond acceptors (Lipinski definition) is 4. The van der Waals surface area contributed by atoms with Crippen LogP contribution in [0.4, 0.5) is 5.69 Å². The lowest BCUT2D eigenvalue weighted by atomic mass is 10.1. The Morgan fingerprint density at radius 2 is 1.61 bits per heavy atom. The first-order valence-electron chi connectivity index (χ1n) is 13.9. The summed E-state index contributed by atoms with van der Waals surface area (Å²) >= 11 is 0. The first kappa shape index (κ1) is 26.1. The van der Waals surface area contributed by atoms with E-state index in [0.29, 0.717) is 38.1 Å². The predicted molar refractivity (Wildman–Crippen MR) is 150 cm³/mol. The molecule has 0 spiro atoms. The van der Waals surface area contributed by atoms with Crippen LogP contribution in [0.2, 0.25) is 0 Å². The molecule has 1 saturated heterocycles. The van der Waals surface area contributed by atoms with Gasteiger partial charge in [0.1, 0.15) is 0 Å². The van der Waals surface area contributed by atoms with Gasteiger partial charge in [0.25, 0.3) is 0 Å². The number of pyridine rings is 1. The molecule has 2 atom stereocenters. The van der Waals surface area contributed by atoms with Crippen LogP contribution in [-0.2, 0) is 29.1 Å². The number of nitrogens with zero attached hydrogens (tertiary/aromatic N) is 4. The monoisotopic (exact) mass is 510 g/mol.